The fourth-order valence-corrected chi connectivity index (χ4v) is 2.39. The zero-order valence-corrected chi connectivity index (χ0v) is 13.3. The minimum absolute atomic E-state index is 0.563. The van der Waals surface area contributed by atoms with Gasteiger partial charge in [-0.2, -0.15) is 5.10 Å². The normalized spacial score (nSPS) is 10.9. The van der Waals surface area contributed by atoms with E-state index >= 15 is 0 Å². The molecule has 6 heteroatoms. The molecule has 0 spiro atoms. The van der Waals surface area contributed by atoms with Crippen LogP contribution in [0.4, 0.5) is 5.82 Å². The summed E-state index contributed by atoms with van der Waals surface area (Å²) in [4.78, 5) is 6.51. The Balaban J connectivity index is 1.66. The number of ether oxygens (including phenoxy) is 1. The maximum absolute atomic E-state index is 5.85. The number of anilines is 1. The zero-order chi connectivity index (χ0) is 15.5. The van der Waals surface area contributed by atoms with Crippen LogP contribution in [-0.4, -0.2) is 34.8 Å². The van der Waals surface area contributed by atoms with E-state index in [-0.39, 0.29) is 0 Å². The molecule has 0 N–H and O–H groups in total. The second-order valence-corrected chi connectivity index (χ2v) is 5.53. The Bertz CT molecular complexity index is 769. The molecule has 0 radical (unpaired) electrons. The summed E-state index contributed by atoms with van der Waals surface area (Å²) >= 11 is 5.85. The van der Waals surface area contributed by atoms with Crippen LogP contribution in [0.5, 0.6) is 5.75 Å². The van der Waals surface area contributed by atoms with Crippen molar-refractivity contribution < 1.29 is 4.74 Å². The van der Waals surface area contributed by atoms with Crippen LogP contribution in [0.15, 0.2) is 42.7 Å². The molecule has 2 heterocycles. The average Bonchev–Trinajstić information content (AvgIpc) is 2.89. The Morgan fingerprint density at radius 1 is 1.27 bits per heavy atom. The maximum Gasteiger partial charge on any atom is 0.154 e. The molecule has 3 rings (SSSR count). The van der Waals surface area contributed by atoms with Gasteiger partial charge in [0.2, 0.25) is 0 Å². The highest BCUT2D eigenvalue weighted by atomic mass is 35.5. The lowest BCUT2D eigenvalue weighted by molar-refractivity contribution is 0.326. The van der Waals surface area contributed by atoms with E-state index in [1.807, 2.05) is 55.0 Å². The molecule has 0 fully saturated rings. The molecule has 0 bridgehead atoms. The third-order valence-corrected chi connectivity index (χ3v) is 3.61. The Kier molecular flexibility index (Phi) is 4.15. The summed E-state index contributed by atoms with van der Waals surface area (Å²) in [5.41, 5.74) is 1.97. The van der Waals surface area contributed by atoms with Gasteiger partial charge >= 0.3 is 0 Å². The van der Waals surface area contributed by atoms with Gasteiger partial charge in [0.25, 0.3) is 0 Å². The molecule has 0 aliphatic rings. The molecule has 2 aromatic heterocycles. The quantitative estimate of drug-likeness (QED) is 0.725. The van der Waals surface area contributed by atoms with Crippen LogP contribution in [0.2, 0.25) is 5.02 Å². The molecule has 114 valence electrons. The zero-order valence-electron chi connectivity index (χ0n) is 12.5. The van der Waals surface area contributed by atoms with E-state index < -0.39 is 0 Å². The molecule has 22 heavy (non-hydrogen) atoms. The molecule has 1 aromatic carbocycles. The molecular weight excluding hydrogens is 300 g/mol. The van der Waals surface area contributed by atoms with Crippen molar-refractivity contribution in [2.24, 2.45) is 0 Å². The molecule has 0 aliphatic carbocycles. The SMILES string of the molecule is Cc1cc2c(N(C)CCOc3ccc(Cl)cc3)nccn2n1. The van der Waals surface area contributed by atoms with Crippen molar-refractivity contribution in [3.05, 3.63) is 53.4 Å². The van der Waals surface area contributed by atoms with Gasteiger partial charge in [-0.3, -0.25) is 0 Å². The van der Waals surface area contributed by atoms with Crippen molar-refractivity contribution in [3.8, 4) is 5.75 Å². The van der Waals surface area contributed by atoms with Gasteiger partial charge in [0.05, 0.1) is 12.2 Å². The summed E-state index contributed by atoms with van der Waals surface area (Å²) in [6.45, 7) is 3.26. The Hall–Kier alpha value is -2.27. The molecule has 5 nitrogen and oxygen atoms in total. The van der Waals surface area contributed by atoms with E-state index in [0.717, 1.165) is 29.3 Å². The number of aryl methyl sites for hydroxylation is 1. The van der Waals surface area contributed by atoms with Gasteiger partial charge in [-0.15, -0.1) is 0 Å². The largest absolute Gasteiger partial charge is 0.492 e. The van der Waals surface area contributed by atoms with Gasteiger partial charge in [-0.05, 0) is 37.3 Å². The van der Waals surface area contributed by atoms with Gasteiger partial charge in [0, 0.05) is 24.5 Å². The first-order valence-electron chi connectivity index (χ1n) is 7.04. The van der Waals surface area contributed by atoms with E-state index in [9.17, 15) is 0 Å². The lowest BCUT2D eigenvalue weighted by atomic mass is 10.3. The standard InChI is InChI=1S/C16H17ClN4O/c1-12-11-15-16(18-7-8-21(15)19-12)20(2)9-10-22-14-5-3-13(17)4-6-14/h3-8,11H,9-10H2,1-2H3. The van der Waals surface area contributed by atoms with Crippen LogP contribution in [0, 0.1) is 6.92 Å². The number of benzene rings is 1. The van der Waals surface area contributed by atoms with Crippen molar-refractivity contribution in [2.75, 3.05) is 25.1 Å². The third kappa shape index (κ3) is 3.14. The third-order valence-electron chi connectivity index (χ3n) is 3.36. The Morgan fingerprint density at radius 3 is 2.82 bits per heavy atom. The highest BCUT2D eigenvalue weighted by Gasteiger charge is 2.09. The minimum Gasteiger partial charge on any atom is -0.492 e. The summed E-state index contributed by atoms with van der Waals surface area (Å²) < 4.78 is 7.56. The van der Waals surface area contributed by atoms with Crippen molar-refractivity contribution in [3.63, 3.8) is 0 Å². The topological polar surface area (TPSA) is 42.7 Å². The molecule has 3 aromatic rings. The predicted molar refractivity (Wildman–Crippen MR) is 87.9 cm³/mol. The maximum atomic E-state index is 5.85. The van der Waals surface area contributed by atoms with E-state index in [4.69, 9.17) is 16.3 Å². The smallest absolute Gasteiger partial charge is 0.154 e. The second-order valence-electron chi connectivity index (χ2n) is 5.09. The fourth-order valence-electron chi connectivity index (χ4n) is 2.26. The summed E-state index contributed by atoms with van der Waals surface area (Å²) in [5.74, 6) is 1.70. The summed E-state index contributed by atoms with van der Waals surface area (Å²) in [6.07, 6.45) is 3.61. The molecule has 0 unspecified atom stereocenters. The number of aromatic nitrogens is 3. The van der Waals surface area contributed by atoms with Crippen LogP contribution >= 0.6 is 11.6 Å². The lowest BCUT2D eigenvalue weighted by Gasteiger charge is -2.19. The van der Waals surface area contributed by atoms with Crippen LogP contribution < -0.4 is 9.64 Å². The number of rotatable bonds is 5. The van der Waals surface area contributed by atoms with Crippen LogP contribution in [0.3, 0.4) is 0 Å². The van der Waals surface area contributed by atoms with Crippen molar-refractivity contribution in [2.45, 2.75) is 6.92 Å². The lowest BCUT2D eigenvalue weighted by Crippen LogP contribution is -2.25. The highest BCUT2D eigenvalue weighted by Crippen LogP contribution is 2.19. The van der Waals surface area contributed by atoms with E-state index in [0.29, 0.717) is 11.6 Å². The van der Waals surface area contributed by atoms with E-state index in [1.165, 1.54) is 0 Å². The Labute approximate surface area is 134 Å². The monoisotopic (exact) mass is 316 g/mol. The van der Waals surface area contributed by atoms with Crippen LogP contribution in [-0.2, 0) is 0 Å². The van der Waals surface area contributed by atoms with Gasteiger partial charge in [0.15, 0.2) is 5.82 Å². The fraction of sp³-hybridized carbons (Fsp3) is 0.250. The van der Waals surface area contributed by atoms with Crippen LogP contribution in [0.1, 0.15) is 5.69 Å². The predicted octanol–water partition coefficient (Wildman–Crippen LogP) is 3.21. The molecule has 0 saturated carbocycles. The van der Waals surface area contributed by atoms with Gasteiger partial charge in [-0.1, -0.05) is 11.6 Å². The highest BCUT2D eigenvalue weighted by molar-refractivity contribution is 6.30. The first kappa shape index (κ1) is 14.7. The summed E-state index contributed by atoms with van der Waals surface area (Å²) in [6, 6.07) is 9.39. The molecule has 0 amide bonds. The van der Waals surface area contributed by atoms with Gasteiger partial charge < -0.3 is 9.64 Å². The van der Waals surface area contributed by atoms with Gasteiger partial charge in [-0.25, -0.2) is 9.50 Å². The second kappa shape index (κ2) is 6.23. The first-order chi connectivity index (χ1) is 10.6. The van der Waals surface area contributed by atoms with Crippen molar-refractivity contribution in [1.82, 2.24) is 14.6 Å². The number of nitrogens with zero attached hydrogens (tertiary/aromatic N) is 4. The van der Waals surface area contributed by atoms with E-state index in [2.05, 4.69) is 15.0 Å². The molecular formula is C16H17ClN4O. The number of halogens is 1. The van der Waals surface area contributed by atoms with E-state index in [1.54, 1.807) is 6.20 Å². The van der Waals surface area contributed by atoms with Gasteiger partial charge in [0.1, 0.15) is 17.9 Å². The van der Waals surface area contributed by atoms with Crippen LogP contribution in [0.25, 0.3) is 5.52 Å². The number of fused-ring (bicyclic) bond motifs is 1. The van der Waals surface area contributed by atoms with Crippen molar-refractivity contribution in [1.29, 1.82) is 0 Å². The first-order valence-corrected chi connectivity index (χ1v) is 7.42. The number of likely N-dealkylation sites (N-methyl/N-ethyl adjacent to an activating group) is 1. The minimum atomic E-state index is 0.563. The molecule has 0 aliphatic heterocycles. The summed E-state index contributed by atoms with van der Waals surface area (Å²) in [7, 11) is 2.00. The number of hydrogen-bond donors (Lipinski definition) is 0. The summed E-state index contributed by atoms with van der Waals surface area (Å²) in [5, 5.41) is 5.10. The number of hydrogen-bond acceptors (Lipinski definition) is 4. The average molecular weight is 317 g/mol. The molecule has 0 saturated heterocycles. The van der Waals surface area contributed by atoms with Crippen molar-refractivity contribution >= 4 is 22.9 Å². The molecule has 0 atom stereocenters. The Morgan fingerprint density at radius 2 is 2.05 bits per heavy atom.